The van der Waals surface area contributed by atoms with Crippen LogP contribution >= 0.6 is 0 Å². The number of nitrogens with zero attached hydrogens (tertiary/aromatic N) is 3. The quantitative estimate of drug-likeness (QED) is 0.0302. The lowest BCUT2D eigenvalue weighted by atomic mass is 10.0. The predicted molar refractivity (Wildman–Crippen MR) is 182 cm³/mol. The van der Waals surface area contributed by atoms with Crippen LogP contribution in [0.3, 0.4) is 0 Å². The summed E-state index contributed by atoms with van der Waals surface area (Å²) in [6.45, 7) is 4.47. The van der Waals surface area contributed by atoms with Gasteiger partial charge in [0, 0.05) is 19.6 Å². The molecule has 6 amide bonds. The zero-order valence-electron chi connectivity index (χ0n) is 28.8. The molecule has 21 nitrogen and oxygen atoms in total. The molecular formula is C29H53N13O8. The normalized spacial score (nSPS) is 16.2. The van der Waals surface area contributed by atoms with Crippen molar-refractivity contribution in [3.8, 4) is 0 Å². The molecule has 0 aliphatic carbocycles. The van der Waals surface area contributed by atoms with Crippen molar-refractivity contribution < 1.29 is 38.7 Å². The molecule has 1 aliphatic rings. The van der Waals surface area contributed by atoms with Gasteiger partial charge in [-0.1, -0.05) is 13.8 Å². The molecule has 0 radical (unpaired) electrons. The second-order valence-corrected chi connectivity index (χ2v) is 12.1. The van der Waals surface area contributed by atoms with Crippen molar-refractivity contribution in [1.29, 1.82) is 0 Å². The standard InChI is InChI=1S/C29H53N13O8/c1-15(2)22(25(47)40-18(27(49)50)8-5-11-36-29(33)34)41-21(44)14-37-20(43)13-38-24(46)19-9-6-12-42(19)26(48)16(3)39-23(45)17(30)7-4-10-35-28(31)32/h15-19,22H,4-14,30H2,1-3H3,(H,37,43)(H,38,46)(H,39,45)(H,40,47)(H,41,44)(H,49,50)(H4,31,32,35)(H4,33,34,36)/t16-,17-,18-,19-,22-/m0/s1. The maximum absolute atomic E-state index is 13.1. The van der Waals surface area contributed by atoms with Crippen LogP contribution in [0.2, 0.25) is 0 Å². The smallest absolute Gasteiger partial charge is 0.326 e. The summed E-state index contributed by atoms with van der Waals surface area (Å²) in [6, 6.07) is -5.09. The van der Waals surface area contributed by atoms with Crippen LogP contribution in [0, 0.1) is 5.92 Å². The van der Waals surface area contributed by atoms with Crippen molar-refractivity contribution in [2.24, 2.45) is 44.6 Å². The number of carbonyl (C=O) groups excluding carboxylic acids is 6. The van der Waals surface area contributed by atoms with Gasteiger partial charge in [-0.25, -0.2) is 4.79 Å². The van der Waals surface area contributed by atoms with Crippen molar-refractivity contribution in [3.05, 3.63) is 0 Å². The summed E-state index contributed by atoms with van der Waals surface area (Å²) in [5.41, 5.74) is 26.9. The highest BCUT2D eigenvalue weighted by Gasteiger charge is 2.37. The minimum atomic E-state index is -1.27. The Labute approximate surface area is 290 Å². The Bertz CT molecular complexity index is 1270. The number of carboxylic acids is 1. The molecule has 0 aromatic heterocycles. The number of hydrogen-bond acceptors (Lipinski definition) is 10. The van der Waals surface area contributed by atoms with Crippen LogP contribution in [0.5, 0.6) is 0 Å². The molecule has 21 heteroatoms. The third kappa shape index (κ3) is 15.8. The summed E-state index contributed by atoms with van der Waals surface area (Å²) in [6.07, 6.45) is 1.92. The van der Waals surface area contributed by atoms with E-state index in [0.717, 1.165) is 0 Å². The zero-order chi connectivity index (χ0) is 38.0. The minimum Gasteiger partial charge on any atom is -0.480 e. The largest absolute Gasteiger partial charge is 0.480 e. The molecule has 1 heterocycles. The van der Waals surface area contributed by atoms with Gasteiger partial charge in [-0.05, 0) is 51.4 Å². The molecule has 0 unspecified atom stereocenters. The number of likely N-dealkylation sites (tertiary alicyclic amines) is 1. The van der Waals surface area contributed by atoms with Gasteiger partial charge in [0.25, 0.3) is 0 Å². The van der Waals surface area contributed by atoms with Crippen molar-refractivity contribution in [2.75, 3.05) is 32.7 Å². The molecule has 1 fully saturated rings. The van der Waals surface area contributed by atoms with E-state index in [4.69, 9.17) is 28.7 Å². The molecular weight excluding hydrogens is 658 g/mol. The highest BCUT2D eigenvalue weighted by molar-refractivity contribution is 5.95. The lowest BCUT2D eigenvalue weighted by Gasteiger charge is -2.27. The van der Waals surface area contributed by atoms with Crippen molar-refractivity contribution in [1.82, 2.24) is 31.5 Å². The summed E-state index contributed by atoms with van der Waals surface area (Å²) >= 11 is 0. The predicted octanol–water partition coefficient (Wildman–Crippen LogP) is -5.14. The summed E-state index contributed by atoms with van der Waals surface area (Å²) in [5, 5.41) is 21.7. The van der Waals surface area contributed by atoms with Crippen LogP contribution < -0.4 is 55.3 Å². The van der Waals surface area contributed by atoms with E-state index in [1.54, 1.807) is 13.8 Å². The Morgan fingerprint density at radius 3 is 1.94 bits per heavy atom. The maximum atomic E-state index is 13.1. The fourth-order valence-electron chi connectivity index (χ4n) is 4.89. The molecule has 0 aromatic carbocycles. The van der Waals surface area contributed by atoms with Gasteiger partial charge in [0.15, 0.2) is 11.9 Å². The van der Waals surface area contributed by atoms with Gasteiger partial charge in [-0.2, -0.15) is 0 Å². The molecule has 5 atom stereocenters. The zero-order valence-corrected chi connectivity index (χ0v) is 28.8. The number of aliphatic imine (C=N–C) groups is 2. The maximum Gasteiger partial charge on any atom is 0.326 e. The number of carbonyl (C=O) groups is 7. The summed E-state index contributed by atoms with van der Waals surface area (Å²) in [7, 11) is 0. The molecule has 0 bridgehead atoms. The number of nitrogens with two attached hydrogens (primary N) is 5. The SMILES string of the molecule is CC(C)[C@H](NC(=O)CNC(=O)CNC(=O)[C@@H]1CCCN1C(=O)[C@H](C)NC(=O)[C@@H](N)CCCN=C(N)N)C(=O)N[C@@H](CCCN=C(N)N)C(=O)O. The first kappa shape index (κ1) is 42.8. The second kappa shape index (κ2) is 21.7. The fourth-order valence-corrected chi connectivity index (χ4v) is 4.89. The lowest BCUT2D eigenvalue weighted by Crippen LogP contribution is -2.56. The van der Waals surface area contributed by atoms with Crippen LogP contribution in [0.4, 0.5) is 0 Å². The van der Waals surface area contributed by atoms with E-state index < -0.39 is 90.6 Å². The number of carboxylic acid groups (broad SMARTS) is 1. The Morgan fingerprint density at radius 1 is 0.800 bits per heavy atom. The highest BCUT2D eigenvalue weighted by atomic mass is 16.4. The topological polar surface area (TPSA) is 358 Å². The highest BCUT2D eigenvalue weighted by Crippen LogP contribution is 2.18. The van der Waals surface area contributed by atoms with Gasteiger partial charge >= 0.3 is 5.97 Å². The molecule has 0 spiro atoms. The molecule has 50 heavy (non-hydrogen) atoms. The van der Waals surface area contributed by atoms with Crippen LogP contribution in [0.25, 0.3) is 0 Å². The van der Waals surface area contributed by atoms with Gasteiger partial charge in [-0.3, -0.25) is 38.8 Å². The third-order valence-corrected chi connectivity index (χ3v) is 7.57. The molecule has 282 valence electrons. The van der Waals surface area contributed by atoms with E-state index in [0.29, 0.717) is 25.8 Å². The first-order valence-electron chi connectivity index (χ1n) is 16.3. The first-order valence-corrected chi connectivity index (χ1v) is 16.3. The number of nitrogens with one attached hydrogen (secondary N) is 5. The van der Waals surface area contributed by atoms with Gasteiger partial charge in [0.2, 0.25) is 35.4 Å². The number of guanidine groups is 2. The van der Waals surface area contributed by atoms with Gasteiger partial charge < -0.3 is 65.3 Å². The fraction of sp³-hybridized carbons (Fsp3) is 0.690. The second-order valence-electron chi connectivity index (χ2n) is 12.1. The number of amides is 6. The average molecular weight is 712 g/mol. The van der Waals surface area contributed by atoms with E-state index in [1.165, 1.54) is 11.8 Å². The molecule has 1 aliphatic heterocycles. The Morgan fingerprint density at radius 2 is 1.38 bits per heavy atom. The Balaban J connectivity index is 2.58. The Kier molecular flexibility index (Phi) is 18.6. The third-order valence-electron chi connectivity index (χ3n) is 7.57. The average Bonchev–Trinajstić information content (AvgIpc) is 3.53. The number of hydrogen-bond donors (Lipinski definition) is 11. The number of rotatable bonds is 21. The van der Waals surface area contributed by atoms with Gasteiger partial charge in [0.05, 0.1) is 19.1 Å². The van der Waals surface area contributed by atoms with Crippen LogP contribution in [-0.4, -0.2) is 126 Å². The van der Waals surface area contributed by atoms with Crippen molar-refractivity contribution in [2.45, 2.75) is 89.5 Å². The van der Waals surface area contributed by atoms with Gasteiger partial charge in [-0.15, -0.1) is 0 Å². The molecule has 0 saturated carbocycles. The lowest BCUT2D eigenvalue weighted by molar-refractivity contribution is -0.142. The minimum absolute atomic E-state index is 0.0408. The van der Waals surface area contributed by atoms with E-state index >= 15 is 0 Å². The van der Waals surface area contributed by atoms with Crippen molar-refractivity contribution >= 4 is 53.3 Å². The van der Waals surface area contributed by atoms with E-state index in [9.17, 15) is 38.7 Å². The molecule has 1 rings (SSSR count). The van der Waals surface area contributed by atoms with Crippen molar-refractivity contribution in [3.63, 3.8) is 0 Å². The molecule has 0 aromatic rings. The summed E-state index contributed by atoms with van der Waals surface area (Å²) in [5.74, 6) is -5.71. The summed E-state index contributed by atoms with van der Waals surface area (Å²) in [4.78, 5) is 96.8. The van der Waals surface area contributed by atoms with E-state index in [-0.39, 0.29) is 44.3 Å². The molecule has 1 saturated heterocycles. The van der Waals surface area contributed by atoms with E-state index in [2.05, 4.69) is 36.6 Å². The van der Waals surface area contributed by atoms with Crippen LogP contribution in [-0.2, 0) is 33.6 Å². The van der Waals surface area contributed by atoms with Crippen LogP contribution in [0.15, 0.2) is 9.98 Å². The van der Waals surface area contributed by atoms with Gasteiger partial charge in [0.1, 0.15) is 24.2 Å². The first-order chi connectivity index (χ1) is 23.4. The van der Waals surface area contributed by atoms with Crippen LogP contribution in [0.1, 0.15) is 59.3 Å². The molecule has 16 N–H and O–H groups in total. The Hall–Kier alpha value is -5.21. The number of aliphatic carboxylic acids is 1. The monoisotopic (exact) mass is 711 g/mol. The van der Waals surface area contributed by atoms with E-state index in [1.807, 2.05) is 0 Å². The summed E-state index contributed by atoms with van der Waals surface area (Å²) < 4.78 is 0.